The number of hydrogen-bond acceptors (Lipinski definition) is 3. The summed E-state index contributed by atoms with van der Waals surface area (Å²) in [4.78, 5) is 13.0. The van der Waals surface area contributed by atoms with Crippen molar-refractivity contribution in [1.29, 1.82) is 0 Å². The molecule has 122 valence electrons. The molecule has 0 aromatic heterocycles. The van der Waals surface area contributed by atoms with Crippen LogP contribution in [0.4, 0.5) is 0 Å². The van der Waals surface area contributed by atoms with Crippen LogP contribution in [0.2, 0.25) is 0 Å². The molecule has 2 aromatic rings. The molecular formula is C19H23NO2S. The Kier molecular flexibility index (Phi) is 7.01. The van der Waals surface area contributed by atoms with Gasteiger partial charge in [0, 0.05) is 17.2 Å². The van der Waals surface area contributed by atoms with E-state index in [4.69, 9.17) is 4.74 Å². The number of rotatable bonds is 8. The highest BCUT2D eigenvalue weighted by molar-refractivity contribution is 7.99. The molecule has 0 bridgehead atoms. The predicted molar refractivity (Wildman–Crippen MR) is 96.2 cm³/mol. The summed E-state index contributed by atoms with van der Waals surface area (Å²) in [6.07, 6.45) is 0.378. The molecule has 0 spiro atoms. The smallest absolute Gasteiger partial charge is 0.223 e. The van der Waals surface area contributed by atoms with Crippen LogP contribution in [0.15, 0.2) is 53.4 Å². The maximum Gasteiger partial charge on any atom is 0.223 e. The zero-order chi connectivity index (χ0) is 16.5. The van der Waals surface area contributed by atoms with E-state index < -0.39 is 0 Å². The van der Waals surface area contributed by atoms with E-state index in [-0.39, 0.29) is 5.91 Å². The second kappa shape index (κ2) is 9.26. The van der Waals surface area contributed by atoms with Crippen molar-refractivity contribution in [3.63, 3.8) is 0 Å². The number of benzene rings is 2. The number of aryl methyl sites for hydroxylation is 2. The van der Waals surface area contributed by atoms with E-state index in [9.17, 15) is 4.79 Å². The fourth-order valence-electron chi connectivity index (χ4n) is 1.98. The van der Waals surface area contributed by atoms with Crippen molar-refractivity contribution in [1.82, 2.24) is 5.32 Å². The van der Waals surface area contributed by atoms with Gasteiger partial charge < -0.3 is 10.1 Å². The summed E-state index contributed by atoms with van der Waals surface area (Å²) in [7, 11) is 0. The molecule has 0 unspecified atom stereocenters. The molecule has 0 saturated heterocycles. The van der Waals surface area contributed by atoms with Crippen LogP contribution in [0.5, 0.6) is 5.75 Å². The van der Waals surface area contributed by atoms with Gasteiger partial charge >= 0.3 is 0 Å². The fourth-order valence-corrected chi connectivity index (χ4v) is 2.75. The third kappa shape index (κ3) is 6.78. The highest BCUT2D eigenvalue weighted by Crippen LogP contribution is 2.17. The first kappa shape index (κ1) is 17.4. The molecule has 0 aliphatic rings. The lowest BCUT2D eigenvalue weighted by molar-refractivity contribution is -0.121. The van der Waals surface area contributed by atoms with Crippen LogP contribution < -0.4 is 10.1 Å². The molecular weight excluding hydrogens is 306 g/mol. The van der Waals surface area contributed by atoms with Crippen LogP contribution >= 0.6 is 11.8 Å². The number of hydrogen-bond donors (Lipinski definition) is 1. The van der Waals surface area contributed by atoms with Gasteiger partial charge in [0.05, 0.1) is 13.0 Å². The summed E-state index contributed by atoms with van der Waals surface area (Å²) < 4.78 is 5.55. The second-order valence-corrected chi connectivity index (χ2v) is 6.59. The maximum absolute atomic E-state index is 11.7. The average molecular weight is 329 g/mol. The predicted octanol–water partition coefficient (Wildman–Crippen LogP) is 3.98. The first-order valence-electron chi connectivity index (χ1n) is 7.79. The number of amides is 1. The standard InChI is InChI=1S/C19H23NO2S/c1-15-3-7-17(8-4-15)22-13-11-19(21)20-12-14-23-18-9-5-16(2)6-10-18/h3-10H,11-14H2,1-2H3,(H,20,21). The Bertz CT molecular complexity index is 608. The number of nitrogens with one attached hydrogen (secondary N) is 1. The SMILES string of the molecule is Cc1ccc(OCCC(=O)NCCSc2ccc(C)cc2)cc1. The molecule has 0 aliphatic carbocycles. The molecule has 0 aliphatic heterocycles. The molecule has 0 radical (unpaired) electrons. The molecule has 0 atom stereocenters. The van der Waals surface area contributed by atoms with E-state index in [0.29, 0.717) is 19.6 Å². The minimum absolute atomic E-state index is 0.0293. The number of carbonyl (C=O) groups is 1. The van der Waals surface area contributed by atoms with Gasteiger partial charge in [-0.3, -0.25) is 4.79 Å². The molecule has 0 saturated carbocycles. The largest absolute Gasteiger partial charge is 0.493 e. The molecule has 0 fully saturated rings. The molecule has 2 aromatic carbocycles. The zero-order valence-corrected chi connectivity index (χ0v) is 14.5. The van der Waals surface area contributed by atoms with Gasteiger partial charge in [0.25, 0.3) is 0 Å². The van der Waals surface area contributed by atoms with Crippen molar-refractivity contribution in [2.45, 2.75) is 25.2 Å². The van der Waals surface area contributed by atoms with Crippen molar-refractivity contribution >= 4 is 17.7 Å². The van der Waals surface area contributed by atoms with Gasteiger partial charge in [-0.1, -0.05) is 35.4 Å². The van der Waals surface area contributed by atoms with Crippen LogP contribution in [-0.2, 0) is 4.79 Å². The van der Waals surface area contributed by atoms with E-state index in [1.807, 2.05) is 31.2 Å². The Morgan fingerprint density at radius 3 is 2.26 bits per heavy atom. The Morgan fingerprint density at radius 1 is 1.00 bits per heavy atom. The monoisotopic (exact) mass is 329 g/mol. The van der Waals surface area contributed by atoms with Gasteiger partial charge in [-0.15, -0.1) is 11.8 Å². The highest BCUT2D eigenvalue weighted by Gasteiger charge is 2.02. The minimum atomic E-state index is 0.0293. The third-order valence-corrected chi connectivity index (χ3v) is 4.35. The summed E-state index contributed by atoms with van der Waals surface area (Å²) >= 11 is 1.75. The Labute approximate surface area is 142 Å². The van der Waals surface area contributed by atoms with Gasteiger partial charge in [-0.2, -0.15) is 0 Å². The van der Waals surface area contributed by atoms with Gasteiger partial charge in [0.1, 0.15) is 5.75 Å². The number of ether oxygens (including phenoxy) is 1. The van der Waals surface area contributed by atoms with Crippen LogP contribution in [0, 0.1) is 13.8 Å². The lowest BCUT2D eigenvalue weighted by Gasteiger charge is -2.07. The lowest BCUT2D eigenvalue weighted by Crippen LogP contribution is -2.27. The van der Waals surface area contributed by atoms with E-state index in [1.165, 1.54) is 16.0 Å². The fraction of sp³-hybridized carbons (Fsp3) is 0.316. The normalized spacial score (nSPS) is 10.3. The first-order chi connectivity index (χ1) is 11.1. The van der Waals surface area contributed by atoms with E-state index >= 15 is 0 Å². The molecule has 4 heteroatoms. The van der Waals surface area contributed by atoms with Crippen LogP contribution in [-0.4, -0.2) is 24.8 Å². The van der Waals surface area contributed by atoms with Crippen molar-refractivity contribution in [3.05, 3.63) is 59.7 Å². The second-order valence-electron chi connectivity index (χ2n) is 5.42. The average Bonchev–Trinajstić information content (AvgIpc) is 2.55. The summed E-state index contributed by atoms with van der Waals surface area (Å²) in [6, 6.07) is 16.3. The van der Waals surface area contributed by atoms with Crippen molar-refractivity contribution < 1.29 is 9.53 Å². The number of thioether (sulfide) groups is 1. The number of carbonyl (C=O) groups excluding carboxylic acids is 1. The van der Waals surface area contributed by atoms with E-state index in [0.717, 1.165) is 11.5 Å². The minimum Gasteiger partial charge on any atom is -0.493 e. The molecule has 2 rings (SSSR count). The van der Waals surface area contributed by atoms with Crippen molar-refractivity contribution in [2.24, 2.45) is 0 Å². The Hall–Kier alpha value is -1.94. The topological polar surface area (TPSA) is 38.3 Å². The zero-order valence-electron chi connectivity index (χ0n) is 13.7. The van der Waals surface area contributed by atoms with Crippen LogP contribution in [0.3, 0.4) is 0 Å². The molecule has 1 amide bonds. The Balaban J connectivity index is 1.56. The van der Waals surface area contributed by atoms with Crippen LogP contribution in [0.1, 0.15) is 17.5 Å². The van der Waals surface area contributed by atoms with Gasteiger partial charge in [0.2, 0.25) is 5.91 Å². The highest BCUT2D eigenvalue weighted by atomic mass is 32.2. The summed E-state index contributed by atoms with van der Waals surface area (Å²) in [6.45, 7) is 5.18. The maximum atomic E-state index is 11.7. The molecule has 23 heavy (non-hydrogen) atoms. The molecule has 1 N–H and O–H groups in total. The van der Waals surface area contributed by atoms with E-state index in [1.54, 1.807) is 11.8 Å². The third-order valence-electron chi connectivity index (χ3n) is 3.33. The lowest BCUT2D eigenvalue weighted by atomic mass is 10.2. The molecule has 0 heterocycles. The summed E-state index contributed by atoms with van der Waals surface area (Å²) in [5, 5.41) is 2.92. The van der Waals surface area contributed by atoms with Crippen molar-refractivity contribution in [3.8, 4) is 5.75 Å². The quantitative estimate of drug-likeness (QED) is 0.588. The first-order valence-corrected chi connectivity index (χ1v) is 8.78. The van der Waals surface area contributed by atoms with Crippen molar-refractivity contribution in [2.75, 3.05) is 18.9 Å². The molecule has 3 nitrogen and oxygen atoms in total. The van der Waals surface area contributed by atoms with Gasteiger partial charge in [-0.25, -0.2) is 0 Å². The van der Waals surface area contributed by atoms with Crippen LogP contribution in [0.25, 0.3) is 0 Å². The van der Waals surface area contributed by atoms with E-state index in [2.05, 4.69) is 36.5 Å². The summed E-state index contributed by atoms with van der Waals surface area (Å²) in [5.74, 6) is 1.70. The van der Waals surface area contributed by atoms with Gasteiger partial charge in [-0.05, 0) is 38.1 Å². The van der Waals surface area contributed by atoms with Gasteiger partial charge in [0.15, 0.2) is 0 Å². The summed E-state index contributed by atoms with van der Waals surface area (Å²) in [5.41, 5.74) is 2.46. The Morgan fingerprint density at radius 2 is 1.61 bits per heavy atom.